The minimum absolute atomic E-state index is 0.263. The van der Waals surface area contributed by atoms with E-state index in [-0.39, 0.29) is 5.41 Å². The molecule has 2 saturated heterocycles. The van der Waals surface area contributed by atoms with Gasteiger partial charge in [0.25, 0.3) is 0 Å². The first kappa shape index (κ1) is 16.6. The molecule has 0 radical (unpaired) electrons. The third-order valence-electron chi connectivity index (χ3n) is 6.37. The Hall–Kier alpha value is -0.870. The minimum Gasteiger partial charge on any atom is -0.340 e. The zero-order valence-electron chi connectivity index (χ0n) is 14.3. The lowest BCUT2D eigenvalue weighted by Crippen LogP contribution is -2.46. The number of rotatable bonds is 3. The molecule has 4 rings (SSSR count). The van der Waals surface area contributed by atoms with Crippen molar-refractivity contribution >= 4 is 21.8 Å². The number of likely N-dealkylation sites (tertiary alicyclic amines) is 2. The highest BCUT2D eigenvalue weighted by molar-refractivity contribution is 9.10. The molecule has 1 amide bonds. The van der Waals surface area contributed by atoms with Gasteiger partial charge in [-0.25, -0.2) is 0 Å². The lowest BCUT2D eigenvalue weighted by atomic mass is 9.77. The number of hydrogen-bond acceptors (Lipinski definition) is 2. The van der Waals surface area contributed by atoms with Gasteiger partial charge in [0, 0.05) is 23.6 Å². The summed E-state index contributed by atoms with van der Waals surface area (Å²) in [4.78, 5) is 18.3. The van der Waals surface area contributed by atoms with Gasteiger partial charge in [0.1, 0.15) is 0 Å². The first-order chi connectivity index (χ1) is 11.7. The fourth-order valence-corrected chi connectivity index (χ4v) is 5.27. The predicted octanol–water partition coefficient (Wildman–Crippen LogP) is 3.96. The molecule has 1 aliphatic carbocycles. The molecule has 2 heterocycles. The number of benzene rings is 1. The molecular weight excluding hydrogens is 364 g/mol. The number of carbonyl (C=O) groups is 1. The van der Waals surface area contributed by atoms with E-state index in [1.165, 1.54) is 44.3 Å². The van der Waals surface area contributed by atoms with E-state index in [1.807, 2.05) is 0 Å². The lowest BCUT2D eigenvalue weighted by molar-refractivity contribution is -0.136. The van der Waals surface area contributed by atoms with Gasteiger partial charge in [0.05, 0.1) is 5.41 Å². The summed E-state index contributed by atoms with van der Waals surface area (Å²) < 4.78 is 1.09. The van der Waals surface area contributed by atoms with Crippen molar-refractivity contribution < 1.29 is 4.79 Å². The second-order valence-electron chi connectivity index (χ2n) is 7.73. The molecule has 1 saturated carbocycles. The predicted molar refractivity (Wildman–Crippen MR) is 100 cm³/mol. The molecule has 3 nitrogen and oxygen atoms in total. The maximum Gasteiger partial charge on any atom is 0.233 e. The summed E-state index contributed by atoms with van der Waals surface area (Å²) in [5, 5.41) is 0. The average molecular weight is 391 g/mol. The van der Waals surface area contributed by atoms with E-state index < -0.39 is 0 Å². The van der Waals surface area contributed by atoms with Gasteiger partial charge in [-0.1, -0.05) is 40.9 Å². The molecule has 0 spiro atoms. The van der Waals surface area contributed by atoms with Gasteiger partial charge < -0.3 is 4.90 Å². The van der Waals surface area contributed by atoms with Crippen molar-refractivity contribution in [3.05, 3.63) is 34.3 Å². The van der Waals surface area contributed by atoms with Gasteiger partial charge in [-0.15, -0.1) is 0 Å². The summed E-state index contributed by atoms with van der Waals surface area (Å²) in [7, 11) is 0. The maximum absolute atomic E-state index is 13.5. The van der Waals surface area contributed by atoms with Gasteiger partial charge in [-0.2, -0.15) is 0 Å². The third-order valence-corrected chi connectivity index (χ3v) is 6.90. The Bertz CT molecular complexity index is 588. The van der Waals surface area contributed by atoms with Gasteiger partial charge >= 0.3 is 0 Å². The molecule has 130 valence electrons. The zero-order chi connectivity index (χ0) is 16.6. The molecule has 0 bridgehead atoms. The van der Waals surface area contributed by atoms with Crippen LogP contribution in [0.4, 0.5) is 0 Å². The fourth-order valence-electron chi connectivity index (χ4n) is 5.01. The van der Waals surface area contributed by atoms with Crippen molar-refractivity contribution in [2.75, 3.05) is 26.2 Å². The quantitative estimate of drug-likeness (QED) is 0.779. The smallest absolute Gasteiger partial charge is 0.233 e. The van der Waals surface area contributed by atoms with Crippen molar-refractivity contribution in [3.63, 3.8) is 0 Å². The van der Waals surface area contributed by atoms with Gasteiger partial charge in [-0.3, -0.25) is 9.69 Å². The summed E-state index contributed by atoms with van der Waals surface area (Å²) in [6.07, 6.45) is 8.18. The first-order valence-electron chi connectivity index (χ1n) is 9.48. The molecule has 24 heavy (non-hydrogen) atoms. The van der Waals surface area contributed by atoms with Crippen LogP contribution >= 0.6 is 15.9 Å². The largest absolute Gasteiger partial charge is 0.340 e. The second kappa shape index (κ2) is 6.80. The van der Waals surface area contributed by atoms with Crippen LogP contribution in [0.5, 0.6) is 0 Å². The topological polar surface area (TPSA) is 23.6 Å². The minimum atomic E-state index is -0.263. The van der Waals surface area contributed by atoms with Crippen LogP contribution in [0, 0.1) is 0 Å². The molecule has 1 aromatic carbocycles. The number of hydrogen-bond donors (Lipinski definition) is 0. The SMILES string of the molecule is O=C(N1CCC(N2CCCC2)C1)C1(c2ccc(Br)cc2)CCCC1. The standard InChI is InChI=1S/C20H27BrN2O/c21-17-7-5-16(6-8-17)20(10-1-2-11-20)19(24)23-14-9-18(15-23)22-12-3-4-13-22/h5-8,18H,1-4,9-15H2. The second-order valence-corrected chi connectivity index (χ2v) is 8.65. The van der Waals surface area contributed by atoms with Crippen molar-refractivity contribution in [1.29, 1.82) is 0 Å². The highest BCUT2D eigenvalue weighted by Gasteiger charge is 2.46. The fraction of sp³-hybridized carbons (Fsp3) is 0.650. The molecule has 3 aliphatic rings. The average Bonchev–Trinajstić information content (AvgIpc) is 3.34. The van der Waals surface area contributed by atoms with Gasteiger partial charge in [-0.05, 0) is 62.9 Å². The Morgan fingerprint density at radius 1 is 1.00 bits per heavy atom. The van der Waals surface area contributed by atoms with Crippen LogP contribution in [0.2, 0.25) is 0 Å². The Balaban J connectivity index is 1.53. The normalized spacial score (nSPS) is 27.0. The summed E-state index contributed by atoms with van der Waals surface area (Å²) in [5.74, 6) is 0.393. The Morgan fingerprint density at radius 2 is 1.67 bits per heavy atom. The zero-order valence-corrected chi connectivity index (χ0v) is 15.9. The number of amides is 1. The Labute approximate surface area is 153 Å². The Morgan fingerprint density at radius 3 is 2.33 bits per heavy atom. The number of carbonyl (C=O) groups excluding carboxylic acids is 1. The molecule has 4 heteroatoms. The van der Waals surface area contributed by atoms with Crippen LogP contribution in [0.3, 0.4) is 0 Å². The molecule has 0 aromatic heterocycles. The van der Waals surface area contributed by atoms with Crippen LogP contribution in [-0.4, -0.2) is 47.9 Å². The van der Waals surface area contributed by atoms with Gasteiger partial charge in [0.15, 0.2) is 0 Å². The van der Waals surface area contributed by atoms with Crippen molar-refractivity contribution in [1.82, 2.24) is 9.80 Å². The van der Waals surface area contributed by atoms with Crippen LogP contribution in [0.25, 0.3) is 0 Å². The summed E-state index contributed by atoms with van der Waals surface area (Å²) >= 11 is 3.52. The van der Waals surface area contributed by atoms with E-state index in [9.17, 15) is 4.79 Å². The summed E-state index contributed by atoms with van der Waals surface area (Å²) in [6, 6.07) is 9.07. The monoisotopic (exact) mass is 390 g/mol. The molecule has 1 atom stereocenters. The molecule has 1 aromatic rings. The van der Waals surface area contributed by atoms with E-state index in [1.54, 1.807) is 0 Å². The van der Waals surface area contributed by atoms with Crippen molar-refractivity contribution in [2.45, 2.75) is 56.4 Å². The summed E-state index contributed by atoms with van der Waals surface area (Å²) in [6.45, 7) is 4.34. The molecule has 2 aliphatic heterocycles. The molecule has 0 N–H and O–H groups in total. The molecule has 3 fully saturated rings. The Kier molecular flexibility index (Phi) is 4.70. The van der Waals surface area contributed by atoms with Crippen molar-refractivity contribution in [3.8, 4) is 0 Å². The van der Waals surface area contributed by atoms with Gasteiger partial charge in [0.2, 0.25) is 5.91 Å². The third kappa shape index (κ3) is 2.92. The van der Waals surface area contributed by atoms with Crippen LogP contribution in [0.1, 0.15) is 50.5 Å². The highest BCUT2D eigenvalue weighted by Crippen LogP contribution is 2.43. The van der Waals surface area contributed by atoms with Crippen molar-refractivity contribution in [2.24, 2.45) is 0 Å². The van der Waals surface area contributed by atoms with Crippen LogP contribution < -0.4 is 0 Å². The summed E-state index contributed by atoms with van der Waals surface area (Å²) in [5.41, 5.74) is 0.957. The number of halogens is 1. The van der Waals surface area contributed by atoms with E-state index in [0.717, 1.165) is 36.8 Å². The maximum atomic E-state index is 13.5. The first-order valence-corrected chi connectivity index (χ1v) is 10.3. The van der Waals surface area contributed by atoms with Crippen LogP contribution in [0.15, 0.2) is 28.7 Å². The van der Waals surface area contributed by atoms with E-state index in [4.69, 9.17) is 0 Å². The van der Waals surface area contributed by atoms with E-state index >= 15 is 0 Å². The molecule has 1 unspecified atom stereocenters. The number of nitrogens with zero attached hydrogens (tertiary/aromatic N) is 2. The van der Waals surface area contributed by atoms with E-state index in [2.05, 4.69) is 50.0 Å². The van der Waals surface area contributed by atoms with Crippen LogP contribution in [-0.2, 0) is 10.2 Å². The highest BCUT2D eigenvalue weighted by atomic mass is 79.9. The lowest BCUT2D eigenvalue weighted by Gasteiger charge is -2.33. The molecular formula is C20H27BrN2O. The van der Waals surface area contributed by atoms with E-state index in [0.29, 0.717) is 11.9 Å².